The number of benzene rings is 1. The van der Waals surface area contributed by atoms with E-state index in [0.29, 0.717) is 5.56 Å². The molecule has 0 heterocycles. The van der Waals surface area contributed by atoms with Crippen LogP contribution in [0.15, 0.2) is 29.2 Å². The number of aliphatic hydroxyl groups is 1. The summed E-state index contributed by atoms with van der Waals surface area (Å²) in [5.74, 6) is 0.0832. The molecular formula is C13H19NO2S. The van der Waals surface area contributed by atoms with Gasteiger partial charge in [-0.05, 0) is 36.4 Å². The third-order valence-corrected chi connectivity index (χ3v) is 3.41. The van der Waals surface area contributed by atoms with Crippen LogP contribution in [0.3, 0.4) is 0 Å². The second-order valence-corrected chi connectivity index (χ2v) is 5.11. The average molecular weight is 253 g/mol. The fourth-order valence-electron chi connectivity index (χ4n) is 1.42. The van der Waals surface area contributed by atoms with Crippen LogP contribution in [0.4, 0.5) is 0 Å². The Kier molecular flexibility index (Phi) is 5.51. The molecule has 1 amide bonds. The number of aliphatic hydroxyl groups excluding tert-OH is 1. The minimum atomic E-state index is -0.192. The van der Waals surface area contributed by atoms with Gasteiger partial charge in [0.2, 0.25) is 0 Å². The largest absolute Gasteiger partial charge is 0.394 e. The van der Waals surface area contributed by atoms with Crippen molar-refractivity contribution in [2.45, 2.75) is 24.8 Å². The first-order valence-corrected chi connectivity index (χ1v) is 6.86. The maximum Gasteiger partial charge on any atom is 0.251 e. The number of hydrogen-bond donors (Lipinski definition) is 2. The molecule has 0 aromatic heterocycles. The molecule has 1 atom stereocenters. The smallest absolute Gasteiger partial charge is 0.251 e. The summed E-state index contributed by atoms with van der Waals surface area (Å²) in [5.41, 5.74) is 0.627. The van der Waals surface area contributed by atoms with E-state index < -0.39 is 0 Å². The summed E-state index contributed by atoms with van der Waals surface area (Å²) in [6.45, 7) is 3.91. The Morgan fingerprint density at radius 1 is 1.35 bits per heavy atom. The molecule has 94 valence electrons. The van der Waals surface area contributed by atoms with Gasteiger partial charge in [0, 0.05) is 10.5 Å². The molecule has 0 saturated heterocycles. The number of hydrogen-bond acceptors (Lipinski definition) is 3. The molecule has 0 radical (unpaired) electrons. The molecule has 0 fully saturated rings. The van der Waals surface area contributed by atoms with Gasteiger partial charge in [0.15, 0.2) is 0 Å². The summed E-state index contributed by atoms with van der Waals surface area (Å²) in [6.07, 6.45) is 2.00. The summed E-state index contributed by atoms with van der Waals surface area (Å²) >= 11 is 1.64. The second kappa shape index (κ2) is 6.67. The van der Waals surface area contributed by atoms with Gasteiger partial charge in [-0.2, -0.15) is 0 Å². The summed E-state index contributed by atoms with van der Waals surface area (Å²) in [5, 5.41) is 12.0. The molecular weight excluding hydrogens is 234 g/mol. The summed E-state index contributed by atoms with van der Waals surface area (Å²) < 4.78 is 0. The minimum absolute atomic E-state index is 0.0354. The van der Waals surface area contributed by atoms with Crippen LogP contribution < -0.4 is 5.32 Å². The number of nitrogens with one attached hydrogen (secondary N) is 1. The average Bonchev–Trinajstić information content (AvgIpc) is 2.35. The maximum atomic E-state index is 11.9. The van der Waals surface area contributed by atoms with E-state index in [9.17, 15) is 4.79 Å². The van der Waals surface area contributed by atoms with Crippen LogP contribution >= 0.6 is 11.8 Å². The zero-order valence-corrected chi connectivity index (χ0v) is 11.3. The quantitative estimate of drug-likeness (QED) is 0.791. The first-order chi connectivity index (χ1) is 8.08. The fourth-order valence-corrected chi connectivity index (χ4v) is 1.83. The number of amides is 1. The predicted molar refractivity (Wildman–Crippen MR) is 71.4 cm³/mol. The van der Waals surface area contributed by atoms with Crippen molar-refractivity contribution in [2.75, 3.05) is 12.9 Å². The van der Waals surface area contributed by atoms with Gasteiger partial charge in [0.25, 0.3) is 5.91 Å². The van der Waals surface area contributed by atoms with Crippen molar-refractivity contribution >= 4 is 17.7 Å². The van der Waals surface area contributed by atoms with Gasteiger partial charge in [-0.15, -0.1) is 11.8 Å². The standard InChI is InChI=1S/C13H19NO2S/c1-9(2)12(8-15)14-13(16)10-4-6-11(17-3)7-5-10/h4-7,9,12,15H,8H2,1-3H3,(H,14,16)/t12-/m1/s1. The molecule has 0 aliphatic rings. The highest BCUT2D eigenvalue weighted by atomic mass is 32.2. The normalized spacial score (nSPS) is 12.5. The fraction of sp³-hybridized carbons (Fsp3) is 0.462. The molecule has 17 heavy (non-hydrogen) atoms. The third-order valence-electron chi connectivity index (χ3n) is 2.67. The predicted octanol–water partition coefficient (Wildman–Crippen LogP) is 2.16. The van der Waals surface area contributed by atoms with Crippen molar-refractivity contribution in [1.29, 1.82) is 0 Å². The first kappa shape index (κ1) is 14.1. The van der Waals surface area contributed by atoms with Gasteiger partial charge >= 0.3 is 0 Å². The van der Waals surface area contributed by atoms with Crippen LogP contribution in [0.2, 0.25) is 0 Å². The van der Waals surface area contributed by atoms with Crippen molar-refractivity contribution in [3.05, 3.63) is 29.8 Å². The van der Waals surface area contributed by atoms with Gasteiger partial charge in [-0.3, -0.25) is 4.79 Å². The van der Waals surface area contributed by atoms with Crippen LogP contribution in [0.1, 0.15) is 24.2 Å². The van der Waals surface area contributed by atoms with Crippen LogP contribution in [0, 0.1) is 5.92 Å². The van der Waals surface area contributed by atoms with Gasteiger partial charge in [-0.1, -0.05) is 13.8 Å². The molecule has 4 heteroatoms. The van der Waals surface area contributed by atoms with Gasteiger partial charge in [0.1, 0.15) is 0 Å². The lowest BCUT2D eigenvalue weighted by Gasteiger charge is -2.19. The Morgan fingerprint density at radius 2 is 1.94 bits per heavy atom. The summed E-state index contributed by atoms with van der Waals surface area (Å²) in [6, 6.07) is 7.25. The van der Waals surface area contributed by atoms with E-state index >= 15 is 0 Å². The zero-order valence-electron chi connectivity index (χ0n) is 10.4. The second-order valence-electron chi connectivity index (χ2n) is 4.24. The maximum absolute atomic E-state index is 11.9. The molecule has 1 aromatic rings. The highest BCUT2D eigenvalue weighted by Gasteiger charge is 2.15. The van der Waals surface area contributed by atoms with Crippen LogP contribution in [-0.2, 0) is 0 Å². The molecule has 2 N–H and O–H groups in total. The highest BCUT2D eigenvalue weighted by molar-refractivity contribution is 7.98. The van der Waals surface area contributed by atoms with E-state index in [0.717, 1.165) is 4.90 Å². The molecule has 3 nitrogen and oxygen atoms in total. The number of carbonyl (C=O) groups is 1. The first-order valence-electron chi connectivity index (χ1n) is 5.64. The van der Waals surface area contributed by atoms with Crippen LogP contribution in [0.25, 0.3) is 0 Å². The third kappa shape index (κ3) is 4.06. The topological polar surface area (TPSA) is 49.3 Å². The van der Waals surface area contributed by atoms with Crippen molar-refractivity contribution in [2.24, 2.45) is 5.92 Å². The number of carbonyl (C=O) groups excluding carboxylic acids is 1. The van der Waals surface area contributed by atoms with Crippen LogP contribution in [0.5, 0.6) is 0 Å². The molecule has 0 unspecified atom stereocenters. The van der Waals surface area contributed by atoms with E-state index in [4.69, 9.17) is 5.11 Å². The van der Waals surface area contributed by atoms with Gasteiger partial charge < -0.3 is 10.4 Å². The summed E-state index contributed by atoms with van der Waals surface area (Å²) in [7, 11) is 0. The van der Waals surface area contributed by atoms with E-state index in [1.54, 1.807) is 23.9 Å². The lowest BCUT2D eigenvalue weighted by Crippen LogP contribution is -2.41. The number of thioether (sulfide) groups is 1. The summed E-state index contributed by atoms with van der Waals surface area (Å²) in [4.78, 5) is 13.0. The van der Waals surface area contributed by atoms with Crippen molar-refractivity contribution < 1.29 is 9.90 Å². The van der Waals surface area contributed by atoms with E-state index in [1.165, 1.54) is 0 Å². The number of rotatable bonds is 5. The van der Waals surface area contributed by atoms with Crippen molar-refractivity contribution in [1.82, 2.24) is 5.32 Å². The molecule has 0 aliphatic heterocycles. The van der Waals surface area contributed by atoms with Gasteiger partial charge in [-0.25, -0.2) is 0 Å². The van der Waals surface area contributed by atoms with Crippen molar-refractivity contribution in [3.8, 4) is 0 Å². The zero-order chi connectivity index (χ0) is 12.8. The molecule has 0 aliphatic carbocycles. The Hall–Kier alpha value is -1.00. The Morgan fingerprint density at radius 3 is 2.35 bits per heavy atom. The molecule has 1 aromatic carbocycles. The lowest BCUT2D eigenvalue weighted by atomic mass is 10.0. The molecule has 0 spiro atoms. The Balaban J connectivity index is 2.68. The lowest BCUT2D eigenvalue weighted by molar-refractivity contribution is 0.0897. The molecule has 0 bridgehead atoms. The Bertz CT molecular complexity index is 362. The molecule has 1 rings (SSSR count). The minimum Gasteiger partial charge on any atom is -0.394 e. The van der Waals surface area contributed by atoms with Gasteiger partial charge in [0.05, 0.1) is 12.6 Å². The van der Waals surface area contributed by atoms with E-state index in [-0.39, 0.29) is 24.5 Å². The van der Waals surface area contributed by atoms with Crippen LogP contribution in [-0.4, -0.2) is 29.9 Å². The van der Waals surface area contributed by atoms with Crippen molar-refractivity contribution in [3.63, 3.8) is 0 Å². The van der Waals surface area contributed by atoms with E-state index in [1.807, 2.05) is 32.2 Å². The van der Waals surface area contributed by atoms with E-state index in [2.05, 4.69) is 5.32 Å². The highest BCUT2D eigenvalue weighted by Crippen LogP contribution is 2.15. The monoisotopic (exact) mass is 253 g/mol. The SMILES string of the molecule is CSc1ccc(C(=O)N[C@H](CO)C(C)C)cc1. The molecule has 0 saturated carbocycles. The Labute approximate surface area is 107 Å².